The van der Waals surface area contributed by atoms with Gasteiger partial charge in [0, 0.05) is 31.8 Å². The van der Waals surface area contributed by atoms with Gasteiger partial charge in [0.05, 0.1) is 119 Å². The molecule has 0 saturated heterocycles. The van der Waals surface area contributed by atoms with Gasteiger partial charge in [0.2, 0.25) is 0 Å². The van der Waals surface area contributed by atoms with Crippen LogP contribution in [0.2, 0.25) is 0 Å². The number of rotatable bonds is 35. The highest BCUT2D eigenvalue weighted by atomic mass is 16.6. The third-order valence-corrected chi connectivity index (χ3v) is 11.7. The summed E-state index contributed by atoms with van der Waals surface area (Å²) in [4.78, 5) is 46.0. The summed E-state index contributed by atoms with van der Waals surface area (Å²) in [6.45, 7) is 9.91. The van der Waals surface area contributed by atoms with Gasteiger partial charge in [0.15, 0.2) is 5.65 Å². The molecule has 18 heteroatoms. The van der Waals surface area contributed by atoms with Gasteiger partial charge in [-0.25, -0.2) is 14.6 Å². The summed E-state index contributed by atoms with van der Waals surface area (Å²) in [5.41, 5.74) is 1.78. The van der Waals surface area contributed by atoms with Crippen LogP contribution in [0.4, 0.5) is 0 Å². The second-order valence-corrected chi connectivity index (χ2v) is 16.7. The van der Waals surface area contributed by atoms with Crippen molar-refractivity contribution in [2.75, 3.05) is 126 Å². The predicted molar refractivity (Wildman–Crippen MR) is 255 cm³/mol. The third kappa shape index (κ3) is 22.9. The Kier molecular flexibility index (Phi) is 29.4. The number of methoxy groups -OCH3 is 1. The first-order valence-electron chi connectivity index (χ1n) is 24.4. The van der Waals surface area contributed by atoms with Crippen LogP contribution in [0.15, 0.2) is 39.9 Å². The molecule has 18 nitrogen and oxygen atoms in total. The number of aliphatic carboxylic acids is 1. The highest BCUT2D eigenvalue weighted by Crippen LogP contribution is 2.28. The molecule has 2 aliphatic rings. The topological polar surface area (TPSA) is 213 Å². The molecule has 0 radical (unpaired) electrons. The number of nitrogens with zero attached hydrogens (tertiary/aromatic N) is 3. The zero-order valence-electron chi connectivity index (χ0n) is 39.9. The van der Waals surface area contributed by atoms with E-state index >= 15 is 0 Å². The van der Waals surface area contributed by atoms with E-state index in [1.807, 2.05) is 12.1 Å². The number of benzene rings is 1. The van der Waals surface area contributed by atoms with E-state index in [0.717, 1.165) is 30.0 Å². The zero-order chi connectivity index (χ0) is 47.6. The van der Waals surface area contributed by atoms with E-state index in [4.69, 9.17) is 57.8 Å². The van der Waals surface area contributed by atoms with Crippen LogP contribution in [0.25, 0.3) is 28.6 Å². The van der Waals surface area contributed by atoms with E-state index in [-0.39, 0.29) is 17.9 Å². The van der Waals surface area contributed by atoms with Gasteiger partial charge in [-0.3, -0.25) is 13.9 Å². The van der Waals surface area contributed by atoms with Crippen LogP contribution in [-0.2, 0) is 60.5 Å². The SMILES string of the molecule is COCCOCCOCCOCCOCCOCCOCCOCCOCCO.O=C(O)/C=C/c1ccc(-c2nc3c([nH]2)c(=O)n(CCC2CCCCC2)c(=O)n3CCC2CCCCC2)cc1. The summed E-state index contributed by atoms with van der Waals surface area (Å²) in [5, 5.41) is 17.4. The standard InChI is InChI=1S/C30H38N4O4.C19H40O10/c35-25(36)16-13-23-11-14-24(15-12-23)27-31-26-28(32-27)33(19-17-21-7-3-1-4-8-21)30(38)34(29(26)37)20-18-22-9-5-2-6-10-22;1-21-4-5-23-8-9-25-12-13-27-16-17-29-19-18-28-15-14-26-11-10-24-7-6-22-3-2-20/h11-16,21-22H,1-10,17-20H2,(H,31,32)(H,35,36);20H,2-19H2,1H3/b16-13+;. The van der Waals surface area contributed by atoms with Gasteiger partial charge < -0.3 is 57.8 Å². The number of carbonyl (C=O) groups is 1. The van der Waals surface area contributed by atoms with Crippen molar-refractivity contribution in [2.45, 2.75) is 90.1 Å². The lowest BCUT2D eigenvalue weighted by Gasteiger charge is -2.23. The number of aromatic nitrogens is 4. The Morgan fingerprint density at radius 2 is 1.04 bits per heavy atom. The molecule has 3 aromatic rings. The second kappa shape index (κ2) is 35.3. The van der Waals surface area contributed by atoms with Gasteiger partial charge >= 0.3 is 11.7 Å². The van der Waals surface area contributed by atoms with Crippen LogP contribution in [0.5, 0.6) is 0 Å². The highest BCUT2D eigenvalue weighted by Gasteiger charge is 2.22. The molecule has 2 aliphatic carbocycles. The molecule has 2 fully saturated rings. The van der Waals surface area contributed by atoms with E-state index in [2.05, 4.69) is 4.98 Å². The Morgan fingerprint density at radius 3 is 1.46 bits per heavy atom. The van der Waals surface area contributed by atoms with Crippen molar-refractivity contribution in [1.29, 1.82) is 0 Å². The minimum atomic E-state index is -1.00. The Morgan fingerprint density at radius 1 is 0.627 bits per heavy atom. The van der Waals surface area contributed by atoms with Crippen molar-refractivity contribution in [1.82, 2.24) is 19.1 Å². The molecule has 1 aromatic carbocycles. The van der Waals surface area contributed by atoms with Crippen molar-refractivity contribution >= 4 is 23.2 Å². The first kappa shape index (κ1) is 55.8. The van der Waals surface area contributed by atoms with Crippen LogP contribution < -0.4 is 11.2 Å². The number of hydrogen-bond acceptors (Lipinski definition) is 14. The normalized spacial score (nSPS) is 14.8. The lowest BCUT2D eigenvalue weighted by Crippen LogP contribution is -2.41. The third-order valence-electron chi connectivity index (χ3n) is 11.7. The lowest BCUT2D eigenvalue weighted by molar-refractivity contribution is -0.131. The number of carboxylic acids is 1. The zero-order valence-corrected chi connectivity index (χ0v) is 39.9. The largest absolute Gasteiger partial charge is 0.478 e. The van der Waals surface area contributed by atoms with Crippen molar-refractivity contribution in [2.24, 2.45) is 11.8 Å². The summed E-state index contributed by atoms with van der Waals surface area (Å²) < 4.78 is 50.6. The number of aliphatic hydroxyl groups excluding tert-OH is 1. The summed E-state index contributed by atoms with van der Waals surface area (Å²) in [5.74, 6) is 0.713. The van der Waals surface area contributed by atoms with E-state index < -0.39 is 5.97 Å². The van der Waals surface area contributed by atoms with Crippen LogP contribution in [-0.4, -0.2) is 161 Å². The quantitative estimate of drug-likeness (QED) is 0.0501. The molecule has 0 atom stereocenters. The Balaban J connectivity index is 0.000000306. The van der Waals surface area contributed by atoms with Crippen LogP contribution >= 0.6 is 0 Å². The number of aliphatic hydroxyl groups is 1. The fourth-order valence-electron chi connectivity index (χ4n) is 8.04. The van der Waals surface area contributed by atoms with Gasteiger partial charge in [-0.1, -0.05) is 88.5 Å². The number of fused-ring (bicyclic) bond motifs is 1. The number of imidazole rings is 1. The van der Waals surface area contributed by atoms with Crippen LogP contribution in [0, 0.1) is 11.8 Å². The van der Waals surface area contributed by atoms with Crippen molar-refractivity contribution < 1.29 is 57.6 Å². The molecule has 67 heavy (non-hydrogen) atoms. The number of carboxylic acid groups (broad SMARTS) is 1. The monoisotopic (exact) mass is 947 g/mol. The Bertz CT molecular complexity index is 1860. The van der Waals surface area contributed by atoms with E-state index in [1.54, 1.807) is 23.8 Å². The molecule has 378 valence electrons. The molecule has 2 saturated carbocycles. The first-order chi connectivity index (χ1) is 32.9. The summed E-state index contributed by atoms with van der Waals surface area (Å²) in [6, 6.07) is 7.29. The molecule has 0 spiro atoms. The number of hydrogen-bond donors (Lipinski definition) is 3. The molecular formula is C49H78N4O14. The average molecular weight is 947 g/mol. The fourth-order valence-corrected chi connectivity index (χ4v) is 8.04. The minimum absolute atomic E-state index is 0.0322. The molecule has 3 N–H and O–H groups in total. The minimum Gasteiger partial charge on any atom is -0.478 e. The summed E-state index contributed by atoms with van der Waals surface area (Å²) in [6.07, 6.45) is 16.7. The van der Waals surface area contributed by atoms with Crippen molar-refractivity contribution in [3.05, 3.63) is 56.7 Å². The van der Waals surface area contributed by atoms with Crippen molar-refractivity contribution in [3.63, 3.8) is 0 Å². The molecule has 2 aromatic heterocycles. The smallest absolute Gasteiger partial charge is 0.332 e. The van der Waals surface area contributed by atoms with Crippen LogP contribution in [0.1, 0.15) is 82.6 Å². The molecule has 0 unspecified atom stereocenters. The molecule has 5 rings (SSSR count). The predicted octanol–water partition coefficient (Wildman–Crippen LogP) is 5.35. The number of aryl methyl sites for hydroxylation is 1. The molecule has 0 aliphatic heterocycles. The van der Waals surface area contributed by atoms with Gasteiger partial charge in [-0.15, -0.1) is 0 Å². The van der Waals surface area contributed by atoms with E-state index in [9.17, 15) is 14.4 Å². The first-order valence-corrected chi connectivity index (χ1v) is 24.4. The van der Waals surface area contributed by atoms with Crippen molar-refractivity contribution in [3.8, 4) is 11.4 Å². The van der Waals surface area contributed by atoms with Gasteiger partial charge in [-0.2, -0.15) is 0 Å². The van der Waals surface area contributed by atoms with E-state index in [0.29, 0.717) is 154 Å². The summed E-state index contributed by atoms with van der Waals surface area (Å²) in [7, 11) is 1.64. The average Bonchev–Trinajstić information content (AvgIpc) is 3.80. The Labute approximate surface area is 395 Å². The van der Waals surface area contributed by atoms with Crippen LogP contribution in [0.3, 0.4) is 0 Å². The highest BCUT2D eigenvalue weighted by molar-refractivity contribution is 5.85. The molecule has 0 bridgehead atoms. The maximum absolute atomic E-state index is 13.7. The number of nitrogens with one attached hydrogen (secondary N) is 1. The lowest BCUT2D eigenvalue weighted by atomic mass is 9.87. The van der Waals surface area contributed by atoms with Gasteiger partial charge in [-0.05, 0) is 36.3 Å². The molecule has 2 heterocycles. The second-order valence-electron chi connectivity index (χ2n) is 16.7. The van der Waals surface area contributed by atoms with Gasteiger partial charge in [0.25, 0.3) is 5.56 Å². The molecular weight excluding hydrogens is 869 g/mol. The van der Waals surface area contributed by atoms with Gasteiger partial charge in [0.1, 0.15) is 11.3 Å². The maximum atomic E-state index is 13.7. The number of H-pyrrole nitrogens is 1. The fraction of sp³-hybridized carbons (Fsp3) is 0.714. The molecule has 0 amide bonds. The number of aromatic amines is 1. The maximum Gasteiger partial charge on any atom is 0.332 e. The summed E-state index contributed by atoms with van der Waals surface area (Å²) >= 11 is 0. The van der Waals surface area contributed by atoms with E-state index in [1.165, 1.54) is 74.9 Å². The number of ether oxygens (including phenoxy) is 9. The Hall–Kier alpha value is -3.82.